The number of halogens is 1. The van der Waals surface area contributed by atoms with Crippen LogP contribution < -0.4 is 15.4 Å². The van der Waals surface area contributed by atoms with Crippen LogP contribution in [0, 0.1) is 0 Å². The van der Waals surface area contributed by atoms with Crippen molar-refractivity contribution in [2.24, 2.45) is 0 Å². The molecule has 1 atom stereocenters. The van der Waals surface area contributed by atoms with Crippen molar-refractivity contribution < 1.29 is 18.7 Å². The van der Waals surface area contributed by atoms with Crippen molar-refractivity contribution in [3.05, 3.63) is 83.3 Å². The summed E-state index contributed by atoms with van der Waals surface area (Å²) in [7, 11) is 0. The number of benzene rings is 2. The fourth-order valence-corrected chi connectivity index (χ4v) is 2.71. The summed E-state index contributed by atoms with van der Waals surface area (Å²) in [5.41, 5.74) is 0.979. The van der Waals surface area contributed by atoms with Gasteiger partial charge in [-0.05, 0) is 55.5 Å². The number of carbonyl (C=O) groups is 2. The Morgan fingerprint density at radius 3 is 2.50 bits per heavy atom. The molecule has 1 heterocycles. The van der Waals surface area contributed by atoms with Gasteiger partial charge in [-0.25, -0.2) is 0 Å². The molecule has 28 heavy (non-hydrogen) atoms. The Morgan fingerprint density at radius 2 is 1.82 bits per heavy atom. The highest BCUT2D eigenvalue weighted by Crippen LogP contribution is 2.25. The minimum absolute atomic E-state index is 0.105. The molecule has 0 bridgehead atoms. The van der Waals surface area contributed by atoms with Crippen molar-refractivity contribution in [1.82, 2.24) is 5.32 Å². The van der Waals surface area contributed by atoms with Crippen LogP contribution in [0.25, 0.3) is 0 Å². The Labute approximate surface area is 167 Å². The molecule has 7 heteroatoms. The maximum absolute atomic E-state index is 13.0. The van der Waals surface area contributed by atoms with Gasteiger partial charge in [0.1, 0.15) is 5.75 Å². The molecule has 0 saturated carbocycles. The summed E-state index contributed by atoms with van der Waals surface area (Å²) in [6.45, 7) is 2.33. The van der Waals surface area contributed by atoms with E-state index in [1.807, 2.05) is 19.1 Å². The zero-order valence-corrected chi connectivity index (χ0v) is 15.9. The van der Waals surface area contributed by atoms with Gasteiger partial charge in [-0.15, -0.1) is 0 Å². The molecule has 3 aromatic rings. The summed E-state index contributed by atoms with van der Waals surface area (Å²) in [5.74, 6) is -0.165. The van der Waals surface area contributed by atoms with Crippen molar-refractivity contribution in [1.29, 1.82) is 0 Å². The van der Waals surface area contributed by atoms with Crippen molar-refractivity contribution in [3.63, 3.8) is 0 Å². The monoisotopic (exact) mass is 398 g/mol. The zero-order chi connectivity index (χ0) is 19.9. The molecule has 0 aliphatic heterocycles. The van der Waals surface area contributed by atoms with Crippen LogP contribution in [0.5, 0.6) is 5.75 Å². The van der Waals surface area contributed by atoms with E-state index in [2.05, 4.69) is 10.6 Å². The lowest BCUT2D eigenvalue weighted by Gasteiger charge is -2.21. The maximum atomic E-state index is 13.0. The lowest BCUT2D eigenvalue weighted by Crippen LogP contribution is -2.46. The number of amides is 1. The Bertz CT molecular complexity index is 939. The SMILES string of the molecule is CCOc1ccccc1N[C@H](NC(=O)c1ccco1)C(=O)c1ccc(Cl)cc1. The molecule has 0 aliphatic carbocycles. The van der Waals surface area contributed by atoms with Crippen LogP contribution in [0.3, 0.4) is 0 Å². The first-order valence-electron chi connectivity index (χ1n) is 8.71. The van der Waals surface area contributed by atoms with E-state index in [4.69, 9.17) is 20.8 Å². The van der Waals surface area contributed by atoms with Crippen LogP contribution in [-0.4, -0.2) is 24.5 Å². The molecule has 0 radical (unpaired) electrons. The van der Waals surface area contributed by atoms with Crippen LogP contribution in [-0.2, 0) is 0 Å². The van der Waals surface area contributed by atoms with Gasteiger partial charge >= 0.3 is 0 Å². The third-order valence-corrected chi connectivity index (χ3v) is 4.15. The molecule has 0 unspecified atom stereocenters. The molecule has 0 saturated heterocycles. The third kappa shape index (κ3) is 4.72. The first kappa shape index (κ1) is 19.5. The summed E-state index contributed by atoms with van der Waals surface area (Å²) >= 11 is 5.91. The Kier molecular flexibility index (Phi) is 6.34. The summed E-state index contributed by atoms with van der Waals surface area (Å²) in [6.07, 6.45) is 0.350. The van der Waals surface area contributed by atoms with Gasteiger partial charge in [0, 0.05) is 10.6 Å². The Balaban J connectivity index is 1.88. The van der Waals surface area contributed by atoms with Crippen LogP contribution in [0.4, 0.5) is 5.69 Å². The van der Waals surface area contributed by atoms with Crippen LogP contribution in [0.1, 0.15) is 27.8 Å². The average molecular weight is 399 g/mol. The zero-order valence-electron chi connectivity index (χ0n) is 15.1. The predicted octanol–water partition coefficient (Wildman–Crippen LogP) is 4.38. The molecule has 6 nitrogen and oxygen atoms in total. The van der Waals surface area contributed by atoms with Crippen LogP contribution >= 0.6 is 11.6 Å². The Hall–Kier alpha value is -3.25. The maximum Gasteiger partial charge on any atom is 0.288 e. The van der Waals surface area contributed by atoms with E-state index in [0.29, 0.717) is 28.6 Å². The largest absolute Gasteiger partial charge is 0.492 e. The topological polar surface area (TPSA) is 80.6 Å². The van der Waals surface area contributed by atoms with Crippen molar-refractivity contribution in [2.75, 3.05) is 11.9 Å². The smallest absolute Gasteiger partial charge is 0.288 e. The molecule has 0 aliphatic rings. The van der Waals surface area contributed by atoms with Crippen LogP contribution in [0.15, 0.2) is 71.3 Å². The fraction of sp³-hybridized carbons (Fsp3) is 0.143. The molecule has 144 valence electrons. The molecule has 3 rings (SSSR count). The van der Waals surface area contributed by atoms with E-state index in [-0.39, 0.29) is 11.5 Å². The highest BCUT2D eigenvalue weighted by atomic mass is 35.5. The number of ketones is 1. The van der Waals surface area contributed by atoms with E-state index < -0.39 is 12.1 Å². The highest BCUT2D eigenvalue weighted by Gasteiger charge is 2.24. The van der Waals surface area contributed by atoms with Crippen LogP contribution in [0.2, 0.25) is 5.02 Å². The molecule has 0 spiro atoms. The number of hydrogen-bond donors (Lipinski definition) is 2. The van der Waals surface area contributed by atoms with Gasteiger partial charge in [0.05, 0.1) is 18.6 Å². The lowest BCUT2D eigenvalue weighted by molar-refractivity contribution is 0.0852. The highest BCUT2D eigenvalue weighted by molar-refractivity contribution is 6.30. The summed E-state index contributed by atoms with van der Waals surface area (Å²) < 4.78 is 10.7. The number of hydrogen-bond acceptors (Lipinski definition) is 5. The number of furan rings is 1. The van der Waals surface area contributed by atoms with E-state index in [1.54, 1.807) is 42.5 Å². The van der Waals surface area contributed by atoms with Crippen molar-refractivity contribution in [2.45, 2.75) is 13.1 Å². The van der Waals surface area contributed by atoms with E-state index >= 15 is 0 Å². The number of anilines is 1. The average Bonchev–Trinajstić information content (AvgIpc) is 3.24. The molecule has 1 aromatic heterocycles. The molecule has 1 amide bonds. The first-order chi connectivity index (χ1) is 13.6. The minimum atomic E-state index is -1.04. The summed E-state index contributed by atoms with van der Waals surface area (Å²) in [6, 6.07) is 16.8. The van der Waals surface area contributed by atoms with Crippen molar-refractivity contribution in [3.8, 4) is 5.75 Å². The second-order valence-corrected chi connectivity index (χ2v) is 6.26. The summed E-state index contributed by atoms with van der Waals surface area (Å²) in [4.78, 5) is 25.5. The predicted molar refractivity (Wildman–Crippen MR) is 107 cm³/mol. The molecule has 2 aromatic carbocycles. The molecular formula is C21H19ClN2O4. The van der Waals surface area contributed by atoms with E-state index in [0.717, 1.165) is 0 Å². The van der Waals surface area contributed by atoms with Gasteiger partial charge < -0.3 is 19.8 Å². The number of ether oxygens (including phenoxy) is 1. The third-order valence-electron chi connectivity index (χ3n) is 3.90. The lowest BCUT2D eigenvalue weighted by atomic mass is 10.1. The van der Waals surface area contributed by atoms with E-state index in [1.165, 1.54) is 12.3 Å². The van der Waals surface area contributed by atoms with Gasteiger partial charge in [0.15, 0.2) is 11.9 Å². The number of carbonyl (C=O) groups excluding carboxylic acids is 2. The quantitative estimate of drug-likeness (QED) is 0.434. The number of para-hydroxylation sites is 2. The first-order valence-corrected chi connectivity index (χ1v) is 9.09. The summed E-state index contributed by atoms with van der Waals surface area (Å²) in [5, 5.41) is 6.24. The van der Waals surface area contributed by atoms with Gasteiger partial charge in [-0.2, -0.15) is 0 Å². The Morgan fingerprint density at radius 1 is 1.07 bits per heavy atom. The number of nitrogens with one attached hydrogen (secondary N) is 2. The molecule has 0 fully saturated rings. The van der Waals surface area contributed by atoms with Crippen molar-refractivity contribution >= 4 is 29.0 Å². The number of Topliss-reactive ketones (excluding diaryl/α,β-unsaturated/α-hetero) is 1. The fourth-order valence-electron chi connectivity index (χ4n) is 2.58. The second-order valence-electron chi connectivity index (χ2n) is 5.83. The second kappa shape index (κ2) is 9.10. The normalized spacial score (nSPS) is 11.5. The van der Waals surface area contributed by atoms with Gasteiger partial charge in [0.2, 0.25) is 5.78 Å². The standard InChI is InChI=1S/C21H19ClN2O4/c1-2-27-17-7-4-3-6-16(17)23-20(24-21(26)18-8-5-13-28-18)19(25)14-9-11-15(22)12-10-14/h3-13,20,23H,2H2,1H3,(H,24,26)/t20-/m1/s1. The minimum Gasteiger partial charge on any atom is -0.492 e. The van der Waals surface area contributed by atoms with E-state index in [9.17, 15) is 9.59 Å². The van der Waals surface area contributed by atoms with Gasteiger partial charge in [0.25, 0.3) is 5.91 Å². The van der Waals surface area contributed by atoms with Gasteiger partial charge in [-0.1, -0.05) is 23.7 Å². The van der Waals surface area contributed by atoms with Gasteiger partial charge in [-0.3, -0.25) is 9.59 Å². The molecule has 2 N–H and O–H groups in total. The molecular weight excluding hydrogens is 380 g/mol. The number of rotatable bonds is 8.